The third kappa shape index (κ3) is 1.72. The Labute approximate surface area is 95.8 Å². The second-order valence-electron chi connectivity index (χ2n) is 3.29. The van der Waals surface area contributed by atoms with E-state index in [1.54, 1.807) is 0 Å². The van der Waals surface area contributed by atoms with Gasteiger partial charge in [-0.25, -0.2) is 0 Å². The lowest BCUT2D eigenvalue weighted by Gasteiger charge is -2.08. The largest absolute Gasteiger partial charge is 0.305 e. The molecule has 0 amide bonds. The predicted molar refractivity (Wildman–Crippen MR) is 59.4 cm³/mol. The van der Waals surface area contributed by atoms with Crippen molar-refractivity contribution in [3.8, 4) is 0 Å². The maximum atomic E-state index is 10.5. The van der Waals surface area contributed by atoms with Crippen molar-refractivity contribution in [2.75, 3.05) is 0 Å². The van der Waals surface area contributed by atoms with Gasteiger partial charge in [-0.1, -0.05) is 27.5 Å². The predicted octanol–water partition coefficient (Wildman–Crippen LogP) is 2.84. The number of carbonyl (C=O) groups is 1. The molecular weight excluding hydrogens is 265 g/mol. The number of aldehydes is 1. The Balaban J connectivity index is 2.43. The highest BCUT2D eigenvalue weighted by molar-refractivity contribution is 9.10. The summed E-state index contributed by atoms with van der Waals surface area (Å²) in [4.78, 5) is 10.5. The fourth-order valence-corrected chi connectivity index (χ4v) is 2.74. The standard InChI is InChI=1S/C10H9BrClNO/c11-9-4-6(12)3-7-8(9)5-13-10(7)1-2-14/h2-4,10,13H,1,5H2. The molecule has 0 saturated heterocycles. The highest BCUT2D eigenvalue weighted by atomic mass is 79.9. The molecule has 0 radical (unpaired) electrons. The molecule has 0 aromatic heterocycles. The lowest BCUT2D eigenvalue weighted by atomic mass is 10.0. The van der Waals surface area contributed by atoms with Crippen molar-refractivity contribution in [3.05, 3.63) is 32.8 Å². The zero-order valence-corrected chi connectivity index (χ0v) is 9.73. The van der Waals surface area contributed by atoms with Crippen LogP contribution in [0.4, 0.5) is 0 Å². The van der Waals surface area contributed by atoms with Crippen molar-refractivity contribution in [1.29, 1.82) is 0 Å². The summed E-state index contributed by atoms with van der Waals surface area (Å²) in [5.41, 5.74) is 2.35. The Morgan fingerprint density at radius 3 is 3.14 bits per heavy atom. The molecule has 4 heteroatoms. The molecular formula is C10H9BrClNO. The van der Waals surface area contributed by atoms with Crippen LogP contribution in [0, 0.1) is 0 Å². The van der Waals surface area contributed by atoms with Gasteiger partial charge in [-0.3, -0.25) is 0 Å². The lowest BCUT2D eigenvalue weighted by molar-refractivity contribution is -0.108. The Morgan fingerprint density at radius 1 is 1.64 bits per heavy atom. The van der Waals surface area contributed by atoms with E-state index in [4.69, 9.17) is 11.6 Å². The van der Waals surface area contributed by atoms with Crippen LogP contribution in [-0.2, 0) is 11.3 Å². The molecule has 0 saturated carbocycles. The van der Waals surface area contributed by atoms with Crippen LogP contribution in [-0.4, -0.2) is 6.29 Å². The van der Waals surface area contributed by atoms with Crippen LogP contribution in [0.1, 0.15) is 23.6 Å². The molecule has 1 aromatic carbocycles. The summed E-state index contributed by atoms with van der Waals surface area (Å²) < 4.78 is 1.01. The Bertz CT molecular complexity index is 381. The molecule has 14 heavy (non-hydrogen) atoms. The van der Waals surface area contributed by atoms with Gasteiger partial charge in [0, 0.05) is 28.5 Å². The van der Waals surface area contributed by atoms with Gasteiger partial charge in [-0.05, 0) is 23.3 Å². The molecule has 1 aliphatic heterocycles. The number of hydrogen-bond donors (Lipinski definition) is 1. The maximum Gasteiger partial charge on any atom is 0.121 e. The smallest absolute Gasteiger partial charge is 0.121 e. The molecule has 1 N–H and O–H groups in total. The highest BCUT2D eigenvalue weighted by Gasteiger charge is 2.23. The molecule has 2 nitrogen and oxygen atoms in total. The zero-order chi connectivity index (χ0) is 10.1. The molecule has 1 unspecified atom stereocenters. The van der Waals surface area contributed by atoms with E-state index in [-0.39, 0.29) is 6.04 Å². The number of benzene rings is 1. The molecule has 74 valence electrons. The first-order valence-corrected chi connectivity index (χ1v) is 5.54. The van der Waals surface area contributed by atoms with E-state index in [1.165, 1.54) is 5.56 Å². The first-order valence-electron chi connectivity index (χ1n) is 4.37. The maximum absolute atomic E-state index is 10.5. The molecule has 1 aliphatic rings. The average Bonchev–Trinajstić information content (AvgIpc) is 2.49. The van der Waals surface area contributed by atoms with Crippen LogP contribution in [0.5, 0.6) is 0 Å². The molecule has 0 fully saturated rings. The molecule has 1 atom stereocenters. The summed E-state index contributed by atoms with van der Waals surface area (Å²) in [6, 6.07) is 3.93. The normalized spacial score (nSPS) is 19.4. The van der Waals surface area contributed by atoms with Gasteiger partial charge in [0.1, 0.15) is 6.29 Å². The minimum Gasteiger partial charge on any atom is -0.305 e. The minimum atomic E-state index is 0.123. The molecule has 0 spiro atoms. The third-order valence-corrected chi connectivity index (χ3v) is 3.35. The second-order valence-corrected chi connectivity index (χ2v) is 4.58. The third-order valence-electron chi connectivity index (χ3n) is 2.43. The Kier molecular flexibility index (Phi) is 2.91. The quantitative estimate of drug-likeness (QED) is 0.840. The number of carbonyl (C=O) groups excluding carboxylic acids is 1. The lowest BCUT2D eigenvalue weighted by Crippen LogP contribution is -2.11. The molecule has 0 bridgehead atoms. The Hall–Kier alpha value is -0.380. The summed E-state index contributed by atoms with van der Waals surface area (Å²) in [5.74, 6) is 0. The molecule has 0 aliphatic carbocycles. The van der Waals surface area contributed by atoms with E-state index in [9.17, 15) is 4.79 Å². The van der Waals surface area contributed by atoms with Crippen LogP contribution in [0.3, 0.4) is 0 Å². The van der Waals surface area contributed by atoms with E-state index in [2.05, 4.69) is 21.2 Å². The van der Waals surface area contributed by atoms with Crippen molar-refractivity contribution in [3.63, 3.8) is 0 Å². The second kappa shape index (κ2) is 4.01. The first-order chi connectivity index (χ1) is 6.72. The molecule has 1 heterocycles. The monoisotopic (exact) mass is 273 g/mol. The fourth-order valence-electron chi connectivity index (χ4n) is 1.76. The summed E-state index contributed by atoms with van der Waals surface area (Å²) in [6.45, 7) is 0.797. The van der Waals surface area contributed by atoms with E-state index >= 15 is 0 Å². The van der Waals surface area contributed by atoms with Gasteiger partial charge in [0.05, 0.1) is 0 Å². The van der Waals surface area contributed by atoms with Crippen LogP contribution in [0.2, 0.25) is 5.02 Å². The zero-order valence-electron chi connectivity index (χ0n) is 7.39. The first kappa shape index (κ1) is 10.1. The van der Waals surface area contributed by atoms with Crippen LogP contribution < -0.4 is 5.32 Å². The van der Waals surface area contributed by atoms with Crippen molar-refractivity contribution >= 4 is 33.8 Å². The molecule has 1 aromatic rings. The van der Waals surface area contributed by atoms with Gasteiger partial charge in [0.2, 0.25) is 0 Å². The van der Waals surface area contributed by atoms with Gasteiger partial charge in [0.25, 0.3) is 0 Å². The van der Waals surface area contributed by atoms with Gasteiger partial charge in [-0.15, -0.1) is 0 Å². The van der Waals surface area contributed by atoms with Crippen molar-refractivity contribution in [2.24, 2.45) is 0 Å². The average molecular weight is 275 g/mol. The Morgan fingerprint density at radius 2 is 2.43 bits per heavy atom. The van der Waals surface area contributed by atoms with E-state index in [1.807, 2.05) is 12.1 Å². The summed E-state index contributed by atoms with van der Waals surface area (Å²) in [7, 11) is 0. The number of rotatable bonds is 2. The SMILES string of the molecule is O=CCC1NCc2c(Br)cc(Cl)cc21. The number of nitrogens with one attached hydrogen (secondary N) is 1. The van der Waals surface area contributed by atoms with Crippen molar-refractivity contribution < 1.29 is 4.79 Å². The van der Waals surface area contributed by atoms with Gasteiger partial charge in [0.15, 0.2) is 0 Å². The van der Waals surface area contributed by atoms with Crippen LogP contribution in [0.25, 0.3) is 0 Å². The van der Waals surface area contributed by atoms with Gasteiger partial charge in [-0.2, -0.15) is 0 Å². The number of hydrogen-bond acceptors (Lipinski definition) is 2. The van der Waals surface area contributed by atoms with Crippen LogP contribution in [0.15, 0.2) is 16.6 Å². The fraction of sp³-hybridized carbons (Fsp3) is 0.300. The summed E-state index contributed by atoms with van der Waals surface area (Å²) in [6.07, 6.45) is 1.43. The minimum absolute atomic E-state index is 0.123. The van der Waals surface area contributed by atoms with Gasteiger partial charge >= 0.3 is 0 Å². The number of fused-ring (bicyclic) bond motifs is 1. The van der Waals surface area contributed by atoms with E-state index in [0.29, 0.717) is 11.4 Å². The van der Waals surface area contributed by atoms with Crippen molar-refractivity contribution in [1.82, 2.24) is 5.32 Å². The van der Waals surface area contributed by atoms with E-state index < -0.39 is 0 Å². The van der Waals surface area contributed by atoms with Gasteiger partial charge < -0.3 is 10.1 Å². The topological polar surface area (TPSA) is 29.1 Å². The number of halogens is 2. The van der Waals surface area contributed by atoms with Crippen molar-refractivity contribution in [2.45, 2.75) is 19.0 Å². The molecule has 2 rings (SSSR count). The summed E-state index contributed by atoms with van der Waals surface area (Å²) in [5, 5.41) is 3.98. The van der Waals surface area contributed by atoms with E-state index in [0.717, 1.165) is 22.9 Å². The summed E-state index contributed by atoms with van der Waals surface area (Å²) >= 11 is 9.41. The highest BCUT2D eigenvalue weighted by Crippen LogP contribution is 2.34. The van der Waals surface area contributed by atoms with Crippen LogP contribution >= 0.6 is 27.5 Å².